The molecule has 0 heterocycles. The standard InChI is InChI=1S/C15H14N2O4/c1-10-4-3-5-13(17(19)20)14(10)15(18)16-11-6-8-12(21-2)9-7-11/h3-9H,1-2H3,(H,16,18). The van der Waals surface area contributed by atoms with Gasteiger partial charge in [0.05, 0.1) is 12.0 Å². The molecule has 0 aliphatic rings. The molecule has 0 atom stereocenters. The number of rotatable bonds is 4. The first kappa shape index (κ1) is 14.5. The number of aryl methyl sites for hydroxylation is 1. The van der Waals surface area contributed by atoms with Crippen molar-refractivity contribution in [2.75, 3.05) is 12.4 Å². The van der Waals surface area contributed by atoms with E-state index in [-0.39, 0.29) is 11.3 Å². The third-order valence-electron chi connectivity index (χ3n) is 3.02. The van der Waals surface area contributed by atoms with Crippen molar-refractivity contribution in [3.05, 3.63) is 63.7 Å². The SMILES string of the molecule is COc1ccc(NC(=O)c2c(C)cccc2[N+](=O)[O-])cc1. The maximum atomic E-state index is 12.3. The van der Waals surface area contributed by atoms with Gasteiger partial charge in [-0.15, -0.1) is 0 Å². The second kappa shape index (κ2) is 6.04. The predicted molar refractivity (Wildman–Crippen MR) is 78.8 cm³/mol. The van der Waals surface area contributed by atoms with E-state index in [9.17, 15) is 14.9 Å². The van der Waals surface area contributed by atoms with Gasteiger partial charge in [0.1, 0.15) is 11.3 Å². The summed E-state index contributed by atoms with van der Waals surface area (Å²) >= 11 is 0. The van der Waals surface area contributed by atoms with Crippen molar-refractivity contribution < 1.29 is 14.5 Å². The van der Waals surface area contributed by atoms with E-state index in [0.717, 1.165) is 0 Å². The first-order chi connectivity index (χ1) is 10.0. The molecular weight excluding hydrogens is 272 g/mol. The zero-order valence-corrected chi connectivity index (χ0v) is 11.6. The Hall–Kier alpha value is -2.89. The van der Waals surface area contributed by atoms with Crippen molar-refractivity contribution in [3.8, 4) is 5.75 Å². The number of nitro benzene ring substituents is 1. The maximum absolute atomic E-state index is 12.3. The van der Waals surface area contributed by atoms with Crippen molar-refractivity contribution in [1.29, 1.82) is 0 Å². The summed E-state index contributed by atoms with van der Waals surface area (Å²) in [6, 6.07) is 11.3. The molecule has 6 nitrogen and oxygen atoms in total. The van der Waals surface area contributed by atoms with Crippen molar-refractivity contribution in [3.63, 3.8) is 0 Å². The molecule has 0 aromatic heterocycles. The highest BCUT2D eigenvalue weighted by Crippen LogP contribution is 2.23. The summed E-state index contributed by atoms with van der Waals surface area (Å²) < 4.78 is 5.03. The lowest BCUT2D eigenvalue weighted by molar-refractivity contribution is -0.385. The van der Waals surface area contributed by atoms with Gasteiger partial charge in [0.15, 0.2) is 0 Å². The number of hydrogen-bond donors (Lipinski definition) is 1. The van der Waals surface area contributed by atoms with Crippen LogP contribution in [0.4, 0.5) is 11.4 Å². The first-order valence-corrected chi connectivity index (χ1v) is 6.22. The molecule has 108 valence electrons. The topological polar surface area (TPSA) is 81.5 Å². The van der Waals surface area contributed by atoms with Gasteiger partial charge in [-0.3, -0.25) is 14.9 Å². The zero-order valence-electron chi connectivity index (χ0n) is 11.6. The monoisotopic (exact) mass is 286 g/mol. The number of carbonyl (C=O) groups excluding carboxylic acids is 1. The summed E-state index contributed by atoms with van der Waals surface area (Å²) in [5, 5.41) is 13.7. The molecule has 2 aromatic rings. The summed E-state index contributed by atoms with van der Waals surface area (Å²) in [6.07, 6.45) is 0. The molecule has 0 radical (unpaired) electrons. The van der Waals surface area contributed by atoms with Gasteiger partial charge in [-0.1, -0.05) is 12.1 Å². The Labute approximate surface area is 121 Å². The van der Waals surface area contributed by atoms with E-state index in [2.05, 4.69) is 5.32 Å². The summed E-state index contributed by atoms with van der Waals surface area (Å²) in [6.45, 7) is 1.66. The van der Waals surface area contributed by atoms with Crippen molar-refractivity contribution in [2.45, 2.75) is 6.92 Å². The highest BCUT2D eigenvalue weighted by Gasteiger charge is 2.22. The number of hydrogen-bond acceptors (Lipinski definition) is 4. The number of nitro groups is 1. The lowest BCUT2D eigenvalue weighted by Crippen LogP contribution is -2.15. The highest BCUT2D eigenvalue weighted by atomic mass is 16.6. The zero-order chi connectivity index (χ0) is 15.4. The third-order valence-corrected chi connectivity index (χ3v) is 3.02. The Kier molecular flexibility index (Phi) is 4.18. The van der Waals surface area contributed by atoms with Gasteiger partial charge in [0.25, 0.3) is 11.6 Å². The van der Waals surface area contributed by atoms with Crippen LogP contribution in [-0.2, 0) is 0 Å². The Bertz CT molecular complexity index is 681. The number of methoxy groups -OCH3 is 1. The van der Waals surface area contributed by atoms with Crippen molar-refractivity contribution >= 4 is 17.3 Å². The van der Waals surface area contributed by atoms with E-state index in [1.54, 1.807) is 50.4 Å². The Morgan fingerprint density at radius 2 is 1.86 bits per heavy atom. The molecule has 0 spiro atoms. The van der Waals surface area contributed by atoms with Crippen LogP contribution in [0, 0.1) is 17.0 Å². The summed E-state index contributed by atoms with van der Waals surface area (Å²) in [4.78, 5) is 22.7. The second-order valence-electron chi connectivity index (χ2n) is 4.41. The van der Waals surface area contributed by atoms with Crippen LogP contribution in [0.3, 0.4) is 0 Å². The minimum absolute atomic E-state index is 0.0679. The lowest BCUT2D eigenvalue weighted by Gasteiger charge is -2.08. The number of benzene rings is 2. The van der Waals surface area contributed by atoms with Gasteiger partial charge in [-0.05, 0) is 36.8 Å². The molecule has 2 rings (SSSR count). The maximum Gasteiger partial charge on any atom is 0.282 e. The van der Waals surface area contributed by atoms with Crippen LogP contribution in [0.2, 0.25) is 0 Å². The normalized spacial score (nSPS) is 10.0. The molecule has 0 bridgehead atoms. The summed E-state index contributed by atoms with van der Waals surface area (Å²) in [5.74, 6) is 0.153. The van der Waals surface area contributed by atoms with E-state index >= 15 is 0 Å². The number of ether oxygens (including phenoxy) is 1. The molecule has 0 saturated heterocycles. The van der Waals surface area contributed by atoms with Crippen LogP contribution in [-0.4, -0.2) is 17.9 Å². The van der Waals surface area contributed by atoms with Crippen LogP contribution in [0.5, 0.6) is 5.75 Å². The number of amides is 1. The molecule has 0 aliphatic heterocycles. The van der Waals surface area contributed by atoms with Crippen LogP contribution in [0.15, 0.2) is 42.5 Å². The molecule has 6 heteroatoms. The van der Waals surface area contributed by atoms with Crippen molar-refractivity contribution in [2.24, 2.45) is 0 Å². The summed E-state index contributed by atoms with van der Waals surface area (Å²) in [5.41, 5.74) is 0.952. The van der Waals surface area contributed by atoms with E-state index in [0.29, 0.717) is 17.0 Å². The molecule has 0 aliphatic carbocycles. The van der Waals surface area contributed by atoms with Gasteiger partial charge >= 0.3 is 0 Å². The average molecular weight is 286 g/mol. The smallest absolute Gasteiger partial charge is 0.282 e. The highest BCUT2D eigenvalue weighted by molar-refractivity contribution is 6.08. The van der Waals surface area contributed by atoms with Gasteiger partial charge in [-0.25, -0.2) is 0 Å². The van der Waals surface area contributed by atoms with Crippen LogP contribution in [0.25, 0.3) is 0 Å². The van der Waals surface area contributed by atoms with Crippen LogP contribution >= 0.6 is 0 Å². The number of anilines is 1. The van der Waals surface area contributed by atoms with Gasteiger partial charge in [0, 0.05) is 11.8 Å². The number of nitrogens with one attached hydrogen (secondary N) is 1. The van der Waals surface area contributed by atoms with Gasteiger partial charge in [-0.2, -0.15) is 0 Å². The Balaban J connectivity index is 2.29. The molecule has 0 fully saturated rings. The fraction of sp³-hybridized carbons (Fsp3) is 0.133. The fourth-order valence-corrected chi connectivity index (χ4v) is 1.97. The molecule has 0 unspecified atom stereocenters. The third kappa shape index (κ3) is 3.17. The minimum Gasteiger partial charge on any atom is -0.497 e. The first-order valence-electron chi connectivity index (χ1n) is 6.22. The van der Waals surface area contributed by atoms with E-state index < -0.39 is 10.8 Å². The average Bonchev–Trinajstić information content (AvgIpc) is 2.47. The summed E-state index contributed by atoms with van der Waals surface area (Å²) in [7, 11) is 1.55. The molecule has 2 aromatic carbocycles. The predicted octanol–water partition coefficient (Wildman–Crippen LogP) is 3.16. The van der Waals surface area contributed by atoms with Crippen LogP contribution < -0.4 is 10.1 Å². The van der Waals surface area contributed by atoms with Gasteiger partial charge < -0.3 is 10.1 Å². The Morgan fingerprint density at radius 3 is 2.43 bits per heavy atom. The minimum atomic E-state index is -0.560. The molecule has 21 heavy (non-hydrogen) atoms. The largest absolute Gasteiger partial charge is 0.497 e. The number of carbonyl (C=O) groups is 1. The van der Waals surface area contributed by atoms with Crippen LogP contribution in [0.1, 0.15) is 15.9 Å². The van der Waals surface area contributed by atoms with E-state index in [1.807, 2.05) is 0 Å². The van der Waals surface area contributed by atoms with E-state index in [1.165, 1.54) is 6.07 Å². The molecule has 1 amide bonds. The molecular formula is C15H14N2O4. The molecule has 1 N–H and O–H groups in total. The van der Waals surface area contributed by atoms with E-state index in [4.69, 9.17) is 4.74 Å². The fourth-order valence-electron chi connectivity index (χ4n) is 1.97. The van der Waals surface area contributed by atoms with Crippen molar-refractivity contribution in [1.82, 2.24) is 0 Å². The second-order valence-corrected chi connectivity index (χ2v) is 4.41. The lowest BCUT2D eigenvalue weighted by atomic mass is 10.1. The number of nitrogens with zero attached hydrogens (tertiary/aromatic N) is 1. The Morgan fingerprint density at radius 1 is 1.19 bits per heavy atom. The molecule has 0 saturated carbocycles. The van der Waals surface area contributed by atoms with Gasteiger partial charge in [0.2, 0.25) is 0 Å². The quantitative estimate of drug-likeness (QED) is 0.691.